The van der Waals surface area contributed by atoms with Gasteiger partial charge >= 0.3 is 0 Å². The lowest BCUT2D eigenvalue weighted by molar-refractivity contribution is 0.815. The average Bonchev–Trinajstić information content (AvgIpc) is 2.17. The van der Waals surface area contributed by atoms with Crippen molar-refractivity contribution < 1.29 is 0 Å². The fraction of sp³-hybridized carbons (Fsp3) is 0.500. The van der Waals surface area contributed by atoms with Crippen molar-refractivity contribution in [2.75, 3.05) is 11.9 Å². The monoisotopic (exact) mass is 253 g/mol. The fourth-order valence-corrected chi connectivity index (χ4v) is 2.57. The summed E-state index contributed by atoms with van der Waals surface area (Å²) in [4.78, 5) is 0. The van der Waals surface area contributed by atoms with Gasteiger partial charge in [-0.15, -0.1) is 0 Å². The third kappa shape index (κ3) is 1.81. The highest BCUT2D eigenvalue weighted by atomic mass is 79.9. The van der Waals surface area contributed by atoms with E-state index in [0.717, 1.165) is 6.54 Å². The summed E-state index contributed by atoms with van der Waals surface area (Å²) in [6, 6.07) is 4.56. The predicted octanol–water partition coefficient (Wildman–Crippen LogP) is 3.93. The molecule has 0 fully saturated rings. The molecule has 0 saturated heterocycles. The van der Waals surface area contributed by atoms with Crippen LogP contribution in [-0.2, 0) is 6.42 Å². The molecule has 0 radical (unpaired) electrons. The average molecular weight is 254 g/mol. The molecule has 1 heterocycles. The summed E-state index contributed by atoms with van der Waals surface area (Å²) in [5.41, 5.74) is 4.18. The third-order valence-corrected chi connectivity index (χ3v) is 3.51. The molecule has 0 aliphatic carbocycles. The minimum Gasteiger partial charge on any atom is -0.385 e. The zero-order valence-corrected chi connectivity index (χ0v) is 10.3. The second kappa shape index (κ2) is 3.93. The van der Waals surface area contributed by atoms with Gasteiger partial charge in [0.1, 0.15) is 0 Å². The number of fused-ring (bicyclic) bond motifs is 1. The van der Waals surface area contributed by atoms with Crippen LogP contribution in [0.1, 0.15) is 37.3 Å². The molecule has 0 unspecified atom stereocenters. The van der Waals surface area contributed by atoms with E-state index in [9.17, 15) is 0 Å². The first-order chi connectivity index (χ1) is 6.68. The molecule has 1 aliphatic heterocycles. The molecule has 0 bridgehead atoms. The molecule has 0 aromatic heterocycles. The molecular formula is C12H16BrN. The van der Waals surface area contributed by atoms with Gasteiger partial charge < -0.3 is 5.32 Å². The minimum atomic E-state index is 0.598. The van der Waals surface area contributed by atoms with Crippen LogP contribution in [0.4, 0.5) is 5.69 Å². The lowest BCUT2D eigenvalue weighted by atomic mass is 9.96. The molecule has 1 aromatic rings. The molecule has 2 rings (SSSR count). The lowest BCUT2D eigenvalue weighted by Crippen LogP contribution is -2.12. The van der Waals surface area contributed by atoms with Crippen molar-refractivity contribution in [2.45, 2.75) is 32.6 Å². The Morgan fingerprint density at radius 2 is 2.14 bits per heavy atom. The fourth-order valence-electron chi connectivity index (χ4n) is 1.89. The quantitative estimate of drug-likeness (QED) is 0.800. The Kier molecular flexibility index (Phi) is 2.82. The molecule has 1 aromatic carbocycles. The van der Waals surface area contributed by atoms with Crippen LogP contribution in [0.25, 0.3) is 0 Å². The maximum absolute atomic E-state index is 3.66. The van der Waals surface area contributed by atoms with Crippen LogP contribution in [0.15, 0.2) is 16.6 Å². The van der Waals surface area contributed by atoms with E-state index in [1.165, 1.54) is 34.1 Å². The summed E-state index contributed by atoms with van der Waals surface area (Å²) in [6.07, 6.45) is 2.44. The molecule has 2 heteroatoms. The summed E-state index contributed by atoms with van der Waals surface area (Å²) in [6.45, 7) is 5.58. The van der Waals surface area contributed by atoms with Crippen LogP contribution in [0.3, 0.4) is 0 Å². The van der Waals surface area contributed by atoms with E-state index >= 15 is 0 Å². The van der Waals surface area contributed by atoms with Crippen molar-refractivity contribution in [3.05, 3.63) is 27.7 Å². The van der Waals surface area contributed by atoms with Gasteiger partial charge in [0.25, 0.3) is 0 Å². The topological polar surface area (TPSA) is 12.0 Å². The molecule has 1 aliphatic rings. The van der Waals surface area contributed by atoms with Gasteiger partial charge in [-0.1, -0.05) is 29.8 Å². The van der Waals surface area contributed by atoms with Crippen LogP contribution < -0.4 is 5.32 Å². The van der Waals surface area contributed by atoms with Gasteiger partial charge in [-0.2, -0.15) is 0 Å². The van der Waals surface area contributed by atoms with Gasteiger partial charge in [0.05, 0.1) is 0 Å². The highest BCUT2D eigenvalue weighted by Gasteiger charge is 2.13. The largest absolute Gasteiger partial charge is 0.385 e. The maximum Gasteiger partial charge on any atom is 0.0386 e. The van der Waals surface area contributed by atoms with E-state index in [1.807, 2.05) is 0 Å². The second-order valence-electron chi connectivity index (χ2n) is 4.21. The Balaban J connectivity index is 2.46. The van der Waals surface area contributed by atoms with Gasteiger partial charge in [-0.25, -0.2) is 0 Å². The van der Waals surface area contributed by atoms with E-state index in [2.05, 4.69) is 47.2 Å². The number of hydrogen-bond donors (Lipinski definition) is 1. The summed E-state index contributed by atoms with van der Waals surface area (Å²) in [7, 11) is 0. The SMILES string of the molecule is CC(C)c1cc(Br)c2c(c1)NCCC2. The van der Waals surface area contributed by atoms with Crippen molar-refractivity contribution in [1.82, 2.24) is 0 Å². The Hall–Kier alpha value is -0.500. The highest BCUT2D eigenvalue weighted by Crippen LogP contribution is 2.33. The van der Waals surface area contributed by atoms with E-state index in [-0.39, 0.29) is 0 Å². The van der Waals surface area contributed by atoms with Crippen molar-refractivity contribution in [1.29, 1.82) is 0 Å². The summed E-state index contributed by atoms with van der Waals surface area (Å²) < 4.78 is 1.27. The van der Waals surface area contributed by atoms with Crippen LogP contribution in [0.2, 0.25) is 0 Å². The highest BCUT2D eigenvalue weighted by molar-refractivity contribution is 9.10. The van der Waals surface area contributed by atoms with Gasteiger partial charge in [-0.05, 0) is 42.0 Å². The summed E-state index contributed by atoms with van der Waals surface area (Å²) in [5, 5.41) is 3.47. The Labute approximate surface area is 94.0 Å². The maximum atomic E-state index is 3.66. The van der Waals surface area contributed by atoms with Crippen LogP contribution in [0.5, 0.6) is 0 Å². The number of halogens is 1. The first kappa shape index (κ1) is 10.0. The molecule has 1 N–H and O–H groups in total. The second-order valence-corrected chi connectivity index (χ2v) is 5.07. The van der Waals surface area contributed by atoms with Crippen LogP contribution in [0, 0.1) is 0 Å². The van der Waals surface area contributed by atoms with Crippen LogP contribution in [-0.4, -0.2) is 6.54 Å². The first-order valence-corrected chi connectivity index (χ1v) is 6.04. The number of anilines is 1. The first-order valence-electron chi connectivity index (χ1n) is 5.24. The van der Waals surface area contributed by atoms with Gasteiger partial charge in [0, 0.05) is 16.7 Å². The third-order valence-electron chi connectivity index (χ3n) is 2.80. The predicted molar refractivity (Wildman–Crippen MR) is 65.0 cm³/mol. The van der Waals surface area contributed by atoms with Gasteiger partial charge in [0.2, 0.25) is 0 Å². The zero-order chi connectivity index (χ0) is 10.1. The van der Waals surface area contributed by atoms with Gasteiger partial charge in [-0.3, -0.25) is 0 Å². The summed E-state index contributed by atoms with van der Waals surface area (Å²) >= 11 is 3.66. The Morgan fingerprint density at radius 1 is 1.36 bits per heavy atom. The Morgan fingerprint density at radius 3 is 2.86 bits per heavy atom. The minimum absolute atomic E-state index is 0.598. The molecule has 0 amide bonds. The van der Waals surface area contributed by atoms with Gasteiger partial charge in [0.15, 0.2) is 0 Å². The summed E-state index contributed by atoms with van der Waals surface area (Å²) in [5.74, 6) is 0.598. The van der Waals surface area contributed by atoms with E-state index < -0.39 is 0 Å². The number of benzene rings is 1. The molecule has 14 heavy (non-hydrogen) atoms. The molecule has 1 nitrogen and oxygen atoms in total. The number of hydrogen-bond acceptors (Lipinski definition) is 1. The van der Waals surface area contributed by atoms with Crippen molar-refractivity contribution >= 4 is 21.6 Å². The molecule has 76 valence electrons. The van der Waals surface area contributed by atoms with E-state index in [1.54, 1.807) is 0 Å². The lowest BCUT2D eigenvalue weighted by Gasteiger charge is -2.21. The number of nitrogens with one attached hydrogen (secondary N) is 1. The van der Waals surface area contributed by atoms with Crippen molar-refractivity contribution in [2.24, 2.45) is 0 Å². The standard InChI is InChI=1S/C12H16BrN/c1-8(2)9-6-11(13)10-4-3-5-14-12(10)7-9/h6-8,14H,3-5H2,1-2H3. The molecular weight excluding hydrogens is 238 g/mol. The van der Waals surface area contributed by atoms with Crippen molar-refractivity contribution in [3.63, 3.8) is 0 Å². The molecule has 0 saturated carbocycles. The molecule has 0 spiro atoms. The Bertz CT molecular complexity index is 344. The molecule has 0 atom stereocenters. The number of rotatable bonds is 1. The smallest absolute Gasteiger partial charge is 0.0386 e. The van der Waals surface area contributed by atoms with Crippen molar-refractivity contribution in [3.8, 4) is 0 Å². The zero-order valence-electron chi connectivity index (χ0n) is 8.73. The van der Waals surface area contributed by atoms with Crippen LogP contribution >= 0.6 is 15.9 Å². The normalized spacial score (nSPS) is 15.1. The van der Waals surface area contributed by atoms with E-state index in [4.69, 9.17) is 0 Å². The van der Waals surface area contributed by atoms with E-state index in [0.29, 0.717) is 5.92 Å².